The molecule has 2 aromatic rings. The Morgan fingerprint density at radius 2 is 2.40 bits per heavy atom. The number of hydrogen-bond donors (Lipinski definition) is 3. The summed E-state index contributed by atoms with van der Waals surface area (Å²) in [4.78, 5) is 11.1. The highest BCUT2D eigenvalue weighted by atomic mass is 32.1. The van der Waals surface area contributed by atoms with Crippen LogP contribution in [0.5, 0.6) is 0 Å². The van der Waals surface area contributed by atoms with Crippen molar-refractivity contribution < 1.29 is 4.74 Å². The molecule has 1 saturated heterocycles. The molecular formula is C13H19N5OS. The molecular weight excluding hydrogens is 274 g/mol. The zero-order valence-corrected chi connectivity index (χ0v) is 12.3. The minimum atomic E-state index is 0.276. The molecule has 108 valence electrons. The van der Waals surface area contributed by atoms with Gasteiger partial charge in [0.1, 0.15) is 10.6 Å². The quantitative estimate of drug-likeness (QED) is 0.578. The van der Waals surface area contributed by atoms with Gasteiger partial charge in [-0.05, 0) is 25.3 Å². The van der Waals surface area contributed by atoms with E-state index in [1.54, 1.807) is 11.3 Å². The first-order chi connectivity index (χ1) is 9.80. The Morgan fingerprint density at radius 3 is 3.10 bits per heavy atom. The molecule has 7 heteroatoms. The molecule has 6 nitrogen and oxygen atoms in total. The molecule has 0 aromatic carbocycles. The lowest BCUT2D eigenvalue weighted by atomic mass is 10.2. The minimum absolute atomic E-state index is 0.276. The average molecular weight is 293 g/mol. The van der Waals surface area contributed by atoms with Gasteiger partial charge in [-0.15, -0.1) is 11.3 Å². The van der Waals surface area contributed by atoms with Gasteiger partial charge < -0.3 is 10.1 Å². The molecule has 1 aliphatic heterocycles. The topological polar surface area (TPSA) is 85.1 Å². The summed E-state index contributed by atoms with van der Waals surface area (Å²) in [6.07, 6.45) is 3.52. The van der Waals surface area contributed by atoms with Gasteiger partial charge in [-0.1, -0.05) is 6.92 Å². The highest BCUT2D eigenvalue weighted by molar-refractivity contribution is 7.18. The van der Waals surface area contributed by atoms with Crippen LogP contribution in [0.4, 0.5) is 11.8 Å². The van der Waals surface area contributed by atoms with Gasteiger partial charge in [0.2, 0.25) is 5.95 Å². The number of aromatic nitrogens is 2. The summed E-state index contributed by atoms with van der Waals surface area (Å²) < 4.78 is 5.63. The molecule has 0 amide bonds. The second kappa shape index (κ2) is 5.90. The third-order valence-corrected chi connectivity index (χ3v) is 4.62. The summed E-state index contributed by atoms with van der Waals surface area (Å²) in [5.41, 5.74) is 2.53. The number of rotatable bonds is 5. The summed E-state index contributed by atoms with van der Waals surface area (Å²) in [6.45, 7) is 3.77. The Labute approximate surface area is 121 Å². The fraction of sp³-hybridized carbons (Fsp3) is 0.538. The monoisotopic (exact) mass is 293 g/mol. The van der Waals surface area contributed by atoms with E-state index in [1.807, 2.05) is 0 Å². The van der Waals surface area contributed by atoms with Crippen LogP contribution in [-0.2, 0) is 11.2 Å². The van der Waals surface area contributed by atoms with E-state index in [2.05, 4.69) is 33.7 Å². The van der Waals surface area contributed by atoms with E-state index in [4.69, 9.17) is 10.6 Å². The van der Waals surface area contributed by atoms with Gasteiger partial charge in [-0.3, -0.25) is 5.43 Å². The van der Waals surface area contributed by atoms with Crippen LogP contribution in [0.3, 0.4) is 0 Å². The number of aryl methyl sites for hydroxylation is 1. The largest absolute Gasteiger partial charge is 0.376 e. The molecule has 0 bridgehead atoms. The zero-order valence-electron chi connectivity index (χ0n) is 11.5. The highest BCUT2D eigenvalue weighted by Crippen LogP contribution is 2.30. The summed E-state index contributed by atoms with van der Waals surface area (Å²) >= 11 is 1.68. The maximum absolute atomic E-state index is 5.63. The Kier molecular flexibility index (Phi) is 4.00. The fourth-order valence-electron chi connectivity index (χ4n) is 2.36. The number of nitrogens with zero attached hydrogens (tertiary/aromatic N) is 2. The van der Waals surface area contributed by atoms with Crippen molar-refractivity contribution in [2.45, 2.75) is 32.3 Å². The molecule has 1 aliphatic rings. The van der Waals surface area contributed by atoms with Crippen LogP contribution >= 0.6 is 11.3 Å². The van der Waals surface area contributed by atoms with Gasteiger partial charge in [0, 0.05) is 18.0 Å². The first kappa shape index (κ1) is 13.5. The van der Waals surface area contributed by atoms with Crippen molar-refractivity contribution in [1.82, 2.24) is 9.97 Å². The predicted octanol–water partition coefficient (Wildman–Crippen LogP) is 2.13. The van der Waals surface area contributed by atoms with Crippen molar-refractivity contribution in [2.24, 2.45) is 5.84 Å². The number of nitrogens with one attached hydrogen (secondary N) is 2. The number of ether oxygens (including phenoxy) is 1. The van der Waals surface area contributed by atoms with Crippen molar-refractivity contribution in [3.05, 3.63) is 10.9 Å². The lowest BCUT2D eigenvalue weighted by Crippen LogP contribution is -2.20. The standard InChI is InChI=1S/C13H19N5OS/c1-2-9-6-10-11(15-7-8-4-3-5-19-8)16-13(18-14)17-12(10)20-9/h6,8H,2-5,7,14H2,1H3,(H2,15,16,17,18). The molecule has 0 saturated carbocycles. The number of nitrogens with two attached hydrogens (primary N) is 1. The van der Waals surface area contributed by atoms with Crippen molar-refractivity contribution in [1.29, 1.82) is 0 Å². The van der Waals surface area contributed by atoms with Crippen LogP contribution in [0.25, 0.3) is 10.2 Å². The second-order valence-corrected chi connectivity index (χ2v) is 5.96. The summed E-state index contributed by atoms with van der Waals surface area (Å²) in [5.74, 6) is 6.71. The fourth-order valence-corrected chi connectivity index (χ4v) is 3.33. The molecule has 2 aromatic heterocycles. The third-order valence-electron chi connectivity index (χ3n) is 3.44. The van der Waals surface area contributed by atoms with Crippen LogP contribution in [0.1, 0.15) is 24.6 Å². The summed E-state index contributed by atoms with van der Waals surface area (Å²) in [6, 6.07) is 2.15. The molecule has 1 atom stereocenters. The lowest BCUT2D eigenvalue weighted by Gasteiger charge is -2.12. The average Bonchev–Trinajstić information content (AvgIpc) is 3.12. The van der Waals surface area contributed by atoms with E-state index < -0.39 is 0 Å². The Hall–Kier alpha value is -1.44. The van der Waals surface area contributed by atoms with E-state index >= 15 is 0 Å². The Balaban J connectivity index is 1.87. The first-order valence-corrected chi connectivity index (χ1v) is 7.74. The van der Waals surface area contributed by atoms with E-state index in [1.165, 1.54) is 4.88 Å². The molecule has 0 radical (unpaired) electrons. The molecule has 3 heterocycles. The van der Waals surface area contributed by atoms with Crippen molar-refractivity contribution in [2.75, 3.05) is 23.9 Å². The number of hydrogen-bond acceptors (Lipinski definition) is 7. The normalized spacial score (nSPS) is 18.6. The van der Waals surface area contributed by atoms with E-state index in [9.17, 15) is 0 Å². The van der Waals surface area contributed by atoms with E-state index in [-0.39, 0.29) is 6.10 Å². The molecule has 0 spiro atoms. The molecule has 20 heavy (non-hydrogen) atoms. The van der Waals surface area contributed by atoms with Crippen molar-refractivity contribution in [3.63, 3.8) is 0 Å². The number of nitrogen functional groups attached to an aromatic ring is 1. The number of fused-ring (bicyclic) bond motifs is 1. The maximum atomic E-state index is 5.63. The molecule has 3 rings (SSSR count). The van der Waals surface area contributed by atoms with Crippen molar-refractivity contribution in [3.8, 4) is 0 Å². The van der Waals surface area contributed by atoms with Gasteiger partial charge >= 0.3 is 0 Å². The number of hydrazine groups is 1. The van der Waals surface area contributed by atoms with E-state index in [0.29, 0.717) is 5.95 Å². The van der Waals surface area contributed by atoms with Gasteiger partial charge in [0.25, 0.3) is 0 Å². The second-order valence-electron chi connectivity index (χ2n) is 4.84. The zero-order chi connectivity index (χ0) is 13.9. The van der Waals surface area contributed by atoms with Crippen LogP contribution < -0.4 is 16.6 Å². The van der Waals surface area contributed by atoms with Gasteiger partial charge in [-0.25, -0.2) is 10.8 Å². The van der Waals surface area contributed by atoms with Crippen LogP contribution in [0.2, 0.25) is 0 Å². The van der Waals surface area contributed by atoms with Crippen LogP contribution in [0, 0.1) is 0 Å². The minimum Gasteiger partial charge on any atom is -0.376 e. The summed E-state index contributed by atoms with van der Waals surface area (Å²) in [7, 11) is 0. The van der Waals surface area contributed by atoms with Gasteiger partial charge in [0.15, 0.2) is 0 Å². The summed E-state index contributed by atoms with van der Waals surface area (Å²) in [5, 5.41) is 4.44. The molecule has 1 unspecified atom stereocenters. The Morgan fingerprint density at radius 1 is 1.50 bits per heavy atom. The lowest BCUT2D eigenvalue weighted by molar-refractivity contribution is 0.120. The number of thiophene rings is 1. The van der Waals surface area contributed by atoms with Crippen LogP contribution in [-0.4, -0.2) is 29.2 Å². The highest BCUT2D eigenvalue weighted by Gasteiger charge is 2.17. The predicted molar refractivity (Wildman–Crippen MR) is 82.1 cm³/mol. The Bertz CT molecular complexity index is 594. The SMILES string of the molecule is CCc1cc2c(NCC3CCCO3)nc(NN)nc2s1. The van der Waals surface area contributed by atoms with Gasteiger partial charge in [0.05, 0.1) is 11.5 Å². The van der Waals surface area contributed by atoms with Crippen molar-refractivity contribution >= 4 is 33.3 Å². The molecule has 0 aliphatic carbocycles. The smallest absolute Gasteiger partial charge is 0.240 e. The van der Waals surface area contributed by atoms with Crippen LogP contribution in [0.15, 0.2) is 6.07 Å². The number of anilines is 2. The maximum Gasteiger partial charge on any atom is 0.240 e. The van der Waals surface area contributed by atoms with E-state index in [0.717, 1.165) is 48.4 Å². The third kappa shape index (κ3) is 2.70. The molecule has 4 N–H and O–H groups in total. The first-order valence-electron chi connectivity index (χ1n) is 6.92. The van der Waals surface area contributed by atoms with Gasteiger partial charge in [-0.2, -0.15) is 4.98 Å². The molecule has 1 fully saturated rings.